The monoisotopic (exact) mass is 918 g/mol. The number of benzene rings is 2. The summed E-state index contributed by atoms with van der Waals surface area (Å²) in [6.45, 7) is 16.9. The SMILES string of the molecule is C[SiH]C.C[SiH]C.Cc1cc(C)cc([NH-])c1.Cc1cc(C)cc([NH-])c1.[C-]1=CC=CC1.[C-]1=CC=CC1.[Cl-].[Cl-].[Hf].[Hf]. The van der Waals surface area contributed by atoms with Crippen LogP contribution in [0.15, 0.2) is 72.9 Å². The Morgan fingerprint density at radius 2 is 0.789 bits per heavy atom. The molecule has 2 N–H and O–H groups in total. The van der Waals surface area contributed by atoms with Crippen LogP contribution >= 0.6 is 0 Å². The van der Waals surface area contributed by atoms with E-state index in [0.29, 0.717) is 11.4 Å². The third-order valence-electron chi connectivity index (χ3n) is 3.62. The molecule has 2 aliphatic rings. The molecule has 0 spiro atoms. The van der Waals surface area contributed by atoms with Crippen molar-refractivity contribution in [2.75, 3.05) is 0 Å². The molecule has 38 heavy (non-hydrogen) atoms. The number of nitrogens with one attached hydrogen (secondary N) is 2. The van der Waals surface area contributed by atoms with E-state index in [2.05, 4.69) is 62.6 Å². The molecule has 8 heteroatoms. The predicted octanol–water partition coefficient (Wildman–Crippen LogP) is 3.63. The Kier molecular flexibility index (Phi) is 48.9. The van der Waals surface area contributed by atoms with E-state index >= 15 is 0 Å². The Morgan fingerprint density at radius 1 is 0.553 bits per heavy atom. The first kappa shape index (κ1) is 50.6. The van der Waals surface area contributed by atoms with Gasteiger partial charge >= 0.3 is 0 Å². The van der Waals surface area contributed by atoms with Crippen LogP contribution in [0.5, 0.6) is 0 Å². The summed E-state index contributed by atoms with van der Waals surface area (Å²) in [5, 5.41) is 0. The minimum Gasteiger partial charge on any atom is -1.00 e. The second-order valence-corrected chi connectivity index (χ2v) is 10.2. The van der Waals surface area contributed by atoms with E-state index in [1.165, 1.54) is 22.3 Å². The van der Waals surface area contributed by atoms with Crippen LogP contribution in [0.1, 0.15) is 35.1 Å². The summed E-state index contributed by atoms with van der Waals surface area (Å²) >= 11 is 0. The zero-order valence-electron chi connectivity index (χ0n) is 24.3. The number of rotatable bonds is 0. The van der Waals surface area contributed by atoms with Crippen molar-refractivity contribution in [3.63, 3.8) is 0 Å². The largest absolute Gasteiger partial charge is 1.00 e. The minimum absolute atomic E-state index is 0. The molecule has 2 aliphatic carbocycles. The topological polar surface area (TPSA) is 47.6 Å². The van der Waals surface area contributed by atoms with Crippen molar-refractivity contribution in [2.45, 2.75) is 66.7 Å². The van der Waals surface area contributed by atoms with Gasteiger partial charge < -0.3 is 36.3 Å². The van der Waals surface area contributed by atoms with Crippen LogP contribution in [0.3, 0.4) is 0 Å². The fourth-order valence-corrected chi connectivity index (χ4v) is 2.63. The minimum atomic E-state index is 0. The van der Waals surface area contributed by atoms with Gasteiger partial charge in [-0.1, -0.05) is 84.8 Å². The first-order chi connectivity index (χ1) is 16.2. The molecule has 0 heterocycles. The van der Waals surface area contributed by atoms with Crippen LogP contribution in [0.4, 0.5) is 11.4 Å². The number of halogens is 2. The average molecular weight is 917 g/mol. The van der Waals surface area contributed by atoms with Gasteiger partial charge in [-0.15, -0.1) is 24.2 Å². The van der Waals surface area contributed by atoms with Gasteiger partial charge in [-0.2, -0.15) is 12.2 Å². The number of hydrogen-bond acceptors (Lipinski definition) is 0. The average Bonchev–Trinajstić information content (AvgIpc) is 3.47. The third-order valence-corrected chi connectivity index (χ3v) is 3.62. The summed E-state index contributed by atoms with van der Waals surface area (Å²) in [6, 6.07) is 11.6. The number of allylic oxidation sites excluding steroid dienone is 8. The van der Waals surface area contributed by atoms with Crippen LogP contribution in [-0.4, -0.2) is 19.0 Å². The second kappa shape index (κ2) is 36.8. The first-order valence-electron chi connectivity index (χ1n) is 11.7. The molecule has 0 unspecified atom stereocenters. The van der Waals surface area contributed by atoms with E-state index in [1.807, 2.05) is 76.3 Å². The summed E-state index contributed by atoms with van der Waals surface area (Å²) in [6.07, 6.45) is 20.0. The van der Waals surface area contributed by atoms with Gasteiger partial charge in [0.2, 0.25) is 0 Å². The summed E-state index contributed by atoms with van der Waals surface area (Å²) in [5.74, 6) is 0. The van der Waals surface area contributed by atoms with Crippen molar-refractivity contribution in [3.05, 3.63) is 119 Å². The van der Waals surface area contributed by atoms with Gasteiger partial charge in [-0.3, -0.25) is 12.2 Å². The van der Waals surface area contributed by atoms with Crippen molar-refractivity contribution in [1.29, 1.82) is 0 Å². The molecule has 2 aromatic carbocycles. The molecule has 0 aromatic heterocycles. The van der Waals surface area contributed by atoms with E-state index in [9.17, 15) is 0 Å². The molecule has 0 aliphatic heterocycles. The van der Waals surface area contributed by atoms with Gasteiger partial charge in [-0.25, -0.2) is 24.3 Å². The van der Waals surface area contributed by atoms with Gasteiger partial charge in [0.1, 0.15) is 0 Å². The van der Waals surface area contributed by atoms with Crippen molar-refractivity contribution in [2.24, 2.45) is 0 Å². The van der Waals surface area contributed by atoms with Crippen molar-refractivity contribution < 1.29 is 76.5 Å². The smallest absolute Gasteiger partial charge is 0.0213 e. The van der Waals surface area contributed by atoms with E-state index in [0.717, 1.165) is 31.9 Å². The van der Waals surface area contributed by atoms with Gasteiger partial charge in [0, 0.05) is 70.7 Å². The van der Waals surface area contributed by atoms with Gasteiger partial charge in [0.25, 0.3) is 0 Å². The standard InChI is InChI=1S/2C8H10N.2C5H5.2C2H7Si.2ClH.2Hf/c2*1-6-3-7(2)5-8(9)4-6;2*1-2-4-5-3-1;2*1-3-2;;;;/h2*3-5,9H,1-2H3;2*1-3H,4H2;2*3H,1-2H3;2*1H;;/q4*-1;;;;;;/p-2. The molecule has 0 fully saturated rings. The molecule has 2 nitrogen and oxygen atoms in total. The maximum absolute atomic E-state index is 7.28. The zero-order chi connectivity index (χ0) is 26.2. The third kappa shape index (κ3) is 37.9. The number of aryl methyl sites for hydroxylation is 4. The van der Waals surface area contributed by atoms with Crippen molar-refractivity contribution in [3.8, 4) is 0 Å². The summed E-state index contributed by atoms with van der Waals surface area (Å²) in [7, 11) is 1.50. The van der Waals surface area contributed by atoms with Crippen LogP contribution in [0, 0.1) is 39.8 Å². The molecule has 210 valence electrons. The maximum Gasteiger partial charge on any atom is 0.0213 e. The molecule has 0 saturated heterocycles. The van der Waals surface area contributed by atoms with Gasteiger partial charge in [0.15, 0.2) is 0 Å². The molecule has 2 aromatic rings. The molecule has 0 saturated carbocycles. The summed E-state index contributed by atoms with van der Waals surface area (Å²) in [5.41, 5.74) is 20.4. The van der Waals surface area contributed by atoms with Crippen molar-refractivity contribution >= 4 is 30.4 Å². The quantitative estimate of drug-likeness (QED) is 0.287. The molecule has 2 radical (unpaired) electrons. The van der Waals surface area contributed by atoms with Crippen molar-refractivity contribution in [1.82, 2.24) is 0 Å². The fourth-order valence-electron chi connectivity index (χ4n) is 2.63. The summed E-state index contributed by atoms with van der Waals surface area (Å²) in [4.78, 5) is 0. The Hall–Kier alpha value is -0.246. The summed E-state index contributed by atoms with van der Waals surface area (Å²) < 4.78 is 0. The van der Waals surface area contributed by atoms with E-state index < -0.39 is 0 Å². The van der Waals surface area contributed by atoms with E-state index in [4.69, 9.17) is 11.5 Å². The van der Waals surface area contributed by atoms with Crippen LogP contribution in [0.2, 0.25) is 26.2 Å². The van der Waals surface area contributed by atoms with Crippen LogP contribution < -0.4 is 24.8 Å². The molecular formula is C30H44Cl2Hf2N2Si2-6. The fraction of sp³-hybridized carbons (Fsp3) is 0.333. The maximum atomic E-state index is 7.28. The van der Waals surface area contributed by atoms with Crippen LogP contribution in [-0.2, 0) is 51.7 Å². The van der Waals surface area contributed by atoms with Gasteiger partial charge in [0.05, 0.1) is 0 Å². The molecule has 0 amide bonds. The predicted molar refractivity (Wildman–Crippen MR) is 161 cm³/mol. The Labute approximate surface area is 289 Å². The van der Waals surface area contributed by atoms with E-state index in [1.54, 1.807) is 0 Å². The van der Waals surface area contributed by atoms with E-state index in [-0.39, 0.29) is 76.5 Å². The van der Waals surface area contributed by atoms with Crippen LogP contribution in [0.25, 0.3) is 11.5 Å². The van der Waals surface area contributed by atoms with Gasteiger partial charge in [-0.05, 0) is 27.7 Å². The normalized spacial score (nSPS) is 10.1. The number of hydrogen-bond donors (Lipinski definition) is 0. The molecule has 0 bridgehead atoms. The first-order valence-corrected chi connectivity index (χ1v) is 16.3. The molecule has 4 rings (SSSR count). The Morgan fingerprint density at radius 3 is 0.895 bits per heavy atom. The molecular weight excluding hydrogens is 872 g/mol. The zero-order valence-corrected chi connectivity index (χ0v) is 35.3. The second-order valence-electron chi connectivity index (χ2n) is 7.91. The Balaban J connectivity index is -0.0000000830. The Bertz CT molecular complexity index is 709. The molecule has 0 atom stereocenters.